The normalized spacial score (nSPS) is 19.8. The molecular weight excluding hydrogens is 655 g/mol. The molecule has 0 saturated carbocycles. The predicted octanol–water partition coefficient (Wildman–Crippen LogP) is 8.58. The van der Waals surface area contributed by atoms with Crippen LogP contribution in [0, 0.1) is 17.5 Å². The molecule has 1 fully saturated rings. The second-order valence-electron chi connectivity index (χ2n) is 12.5. The first-order chi connectivity index (χ1) is 24.9. The van der Waals surface area contributed by atoms with Gasteiger partial charge in [-0.1, -0.05) is 108 Å². The van der Waals surface area contributed by atoms with Gasteiger partial charge in [-0.3, -0.25) is 0 Å². The van der Waals surface area contributed by atoms with Crippen LogP contribution in [-0.4, -0.2) is 45.5 Å². The lowest BCUT2D eigenvalue weighted by molar-refractivity contribution is -0.280. The lowest BCUT2D eigenvalue weighted by atomic mass is 9.78. The third kappa shape index (κ3) is 8.54. The average Bonchev–Trinajstić information content (AvgIpc) is 3.64. The van der Waals surface area contributed by atoms with Crippen molar-refractivity contribution in [2.75, 3.05) is 6.61 Å². The summed E-state index contributed by atoms with van der Waals surface area (Å²) in [6, 6.07) is 30.4. The Labute approximate surface area is 295 Å². The Morgan fingerprint density at radius 2 is 1.27 bits per heavy atom. The van der Waals surface area contributed by atoms with Gasteiger partial charge in [-0.2, -0.15) is 0 Å². The highest BCUT2D eigenvalue weighted by Gasteiger charge is 2.56. The molecule has 1 aliphatic heterocycles. The van der Waals surface area contributed by atoms with E-state index in [0.717, 1.165) is 28.8 Å². The Morgan fingerprint density at radius 3 is 1.82 bits per heavy atom. The summed E-state index contributed by atoms with van der Waals surface area (Å²) in [4.78, 5) is 0. The van der Waals surface area contributed by atoms with Gasteiger partial charge in [-0.15, -0.1) is 18.3 Å². The van der Waals surface area contributed by atoms with Crippen molar-refractivity contribution in [2.24, 2.45) is 0 Å². The van der Waals surface area contributed by atoms with Crippen molar-refractivity contribution >= 4 is 0 Å². The largest absolute Gasteiger partial charge is 0.374 e. The van der Waals surface area contributed by atoms with E-state index < -0.39 is 47.4 Å². The third-order valence-electron chi connectivity index (χ3n) is 8.94. The van der Waals surface area contributed by atoms with Crippen LogP contribution < -0.4 is 0 Å². The molecule has 0 amide bonds. The zero-order valence-electron chi connectivity index (χ0n) is 28.1. The van der Waals surface area contributed by atoms with Gasteiger partial charge in [-0.25, -0.2) is 17.9 Å². The molecule has 0 N–H and O–H groups in total. The number of halogens is 3. The minimum absolute atomic E-state index is 0.0272. The molecule has 4 aromatic carbocycles. The van der Waals surface area contributed by atoms with Crippen LogP contribution >= 0.6 is 0 Å². The summed E-state index contributed by atoms with van der Waals surface area (Å²) in [5, 5.41) is 8.76. The predicted molar refractivity (Wildman–Crippen MR) is 188 cm³/mol. The topological polar surface area (TPSA) is 67.6 Å². The third-order valence-corrected chi connectivity index (χ3v) is 8.94. The second kappa shape index (κ2) is 16.9. The van der Waals surface area contributed by atoms with Crippen LogP contribution in [0.15, 0.2) is 135 Å². The molecule has 1 aromatic heterocycles. The molecule has 1 aliphatic rings. The van der Waals surface area contributed by atoms with Crippen molar-refractivity contribution in [1.82, 2.24) is 15.0 Å². The van der Waals surface area contributed by atoms with Crippen molar-refractivity contribution in [3.63, 3.8) is 0 Å². The molecule has 0 bridgehead atoms. The Hall–Kier alpha value is -4.87. The first kappa shape index (κ1) is 35.9. The Kier molecular flexibility index (Phi) is 11.9. The monoisotopic (exact) mass is 695 g/mol. The Morgan fingerprint density at radius 1 is 0.745 bits per heavy atom. The van der Waals surface area contributed by atoms with Gasteiger partial charge in [0.1, 0.15) is 35.6 Å². The number of nitrogens with zero attached hydrogens (tertiary/aromatic N) is 3. The van der Waals surface area contributed by atoms with Crippen LogP contribution in [0.4, 0.5) is 13.2 Å². The number of rotatable bonds is 16. The molecule has 1 saturated heterocycles. The molecule has 0 aliphatic carbocycles. The molecule has 0 radical (unpaired) electrons. The van der Waals surface area contributed by atoms with E-state index in [1.54, 1.807) is 23.0 Å². The summed E-state index contributed by atoms with van der Waals surface area (Å²) >= 11 is 0. The Balaban J connectivity index is 1.44. The van der Waals surface area contributed by atoms with E-state index in [2.05, 4.69) is 23.5 Å². The molecule has 6 rings (SSSR count). The number of benzene rings is 4. The minimum atomic E-state index is -1.56. The van der Waals surface area contributed by atoms with Crippen molar-refractivity contribution in [3.8, 4) is 11.3 Å². The molecular formula is C41H40F3N3O4. The number of aromatic nitrogens is 3. The van der Waals surface area contributed by atoms with Crippen LogP contribution in [-0.2, 0) is 38.8 Å². The van der Waals surface area contributed by atoms with Crippen LogP contribution in [0.5, 0.6) is 0 Å². The molecule has 5 aromatic rings. The van der Waals surface area contributed by atoms with Crippen molar-refractivity contribution in [3.05, 3.63) is 169 Å². The zero-order valence-corrected chi connectivity index (χ0v) is 28.1. The summed E-state index contributed by atoms with van der Waals surface area (Å²) in [5.41, 5.74) is 2.04. The van der Waals surface area contributed by atoms with Gasteiger partial charge >= 0.3 is 0 Å². The van der Waals surface area contributed by atoms with Crippen LogP contribution in [0.1, 0.15) is 35.6 Å². The highest BCUT2D eigenvalue weighted by atomic mass is 19.2. The van der Waals surface area contributed by atoms with E-state index in [-0.39, 0.29) is 31.1 Å². The second-order valence-corrected chi connectivity index (χ2v) is 12.5. The average molecular weight is 696 g/mol. The number of hydrogen-bond acceptors (Lipinski definition) is 6. The highest BCUT2D eigenvalue weighted by molar-refractivity contribution is 5.58. The summed E-state index contributed by atoms with van der Waals surface area (Å²) in [5.74, 6) is -4.22. The molecule has 51 heavy (non-hydrogen) atoms. The SMILES string of the molecule is C=CCC1(CC=C)O[C@H](COCc2ccccc2)[C@H](OCc2ccccc2)[C@H](n2cc(-c3cc(F)c(F)c(F)c3)nn2)[C@H]1OCc1ccccc1. The van der Waals surface area contributed by atoms with E-state index in [1.165, 1.54) is 0 Å². The summed E-state index contributed by atoms with van der Waals surface area (Å²) < 4.78 is 71.1. The van der Waals surface area contributed by atoms with Crippen LogP contribution in [0.2, 0.25) is 0 Å². The van der Waals surface area contributed by atoms with Gasteiger partial charge in [0.05, 0.1) is 32.6 Å². The molecule has 7 nitrogen and oxygen atoms in total. The lowest BCUT2D eigenvalue weighted by Gasteiger charge is -2.52. The molecule has 264 valence electrons. The van der Waals surface area contributed by atoms with Crippen molar-refractivity contribution < 1.29 is 32.1 Å². The van der Waals surface area contributed by atoms with Gasteiger partial charge < -0.3 is 18.9 Å². The smallest absolute Gasteiger partial charge is 0.194 e. The minimum Gasteiger partial charge on any atom is -0.374 e. The zero-order chi connectivity index (χ0) is 35.6. The van der Waals surface area contributed by atoms with Crippen molar-refractivity contribution in [2.45, 2.75) is 62.6 Å². The first-order valence-corrected chi connectivity index (χ1v) is 16.8. The number of hydrogen-bond donors (Lipinski definition) is 0. The van der Waals surface area contributed by atoms with Gasteiger partial charge in [0, 0.05) is 5.56 Å². The van der Waals surface area contributed by atoms with E-state index >= 15 is 0 Å². The van der Waals surface area contributed by atoms with Gasteiger partial charge in [0.15, 0.2) is 17.5 Å². The maximum atomic E-state index is 14.3. The van der Waals surface area contributed by atoms with Gasteiger partial charge in [-0.05, 0) is 41.7 Å². The van der Waals surface area contributed by atoms with Crippen molar-refractivity contribution in [1.29, 1.82) is 0 Å². The van der Waals surface area contributed by atoms with E-state index in [4.69, 9.17) is 18.9 Å². The van der Waals surface area contributed by atoms with E-state index in [1.807, 2.05) is 91.0 Å². The fraction of sp³-hybridized carbons (Fsp3) is 0.268. The molecule has 4 atom stereocenters. The van der Waals surface area contributed by atoms with Crippen LogP contribution in [0.25, 0.3) is 11.3 Å². The van der Waals surface area contributed by atoms with E-state index in [0.29, 0.717) is 19.4 Å². The lowest BCUT2D eigenvalue weighted by Crippen LogP contribution is -2.64. The maximum absolute atomic E-state index is 14.3. The quantitative estimate of drug-likeness (QED) is 0.0761. The van der Waals surface area contributed by atoms with E-state index in [9.17, 15) is 13.2 Å². The first-order valence-electron chi connectivity index (χ1n) is 16.8. The van der Waals surface area contributed by atoms with Gasteiger partial charge in [0.2, 0.25) is 0 Å². The van der Waals surface area contributed by atoms with Crippen LogP contribution in [0.3, 0.4) is 0 Å². The molecule has 10 heteroatoms. The summed E-state index contributed by atoms with van der Waals surface area (Å²) in [7, 11) is 0. The Bertz CT molecular complexity index is 1840. The summed E-state index contributed by atoms with van der Waals surface area (Å²) in [6.07, 6.45) is 3.79. The molecule has 0 unspecified atom stereocenters. The van der Waals surface area contributed by atoms with Gasteiger partial charge in [0.25, 0.3) is 0 Å². The fourth-order valence-corrected chi connectivity index (χ4v) is 6.57. The standard InChI is InChI=1S/C41H40F3N3O4/c1-3-20-41(21-4-2)40(50-27-31-18-12-7-13-19-31)38(47-24-35(45-46-47)32-22-33(42)37(44)34(43)23-32)39(49-26-30-16-10-6-11-17-30)36(51-41)28-48-25-29-14-8-5-9-15-29/h3-19,22-24,36,38-40H,1-2,20-21,25-28H2/t36-,38+,39+,40-/m1/s1. The summed E-state index contributed by atoms with van der Waals surface area (Å²) in [6.45, 7) is 9.07. The molecule has 0 spiro atoms. The molecule has 2 heterocycles. The maximum Gasteiger partial charge on any atom is 0.194 e. The highest BCUT2D eigenvalue weighted by Crippen LogP contribution is 2.45. The fourth-order valence-electron chi connectivity index (χ4n) is 6.57. The number of ether oxygens (including phenoxy) is 4.